The van der Waals surface area contributed by atoms with E-state index >= 15 is 0 Å². The molecule has 0 aromatic heterocycles. The number of amides is 1. The summed E-state index contributed by atoms with van der Waals surface area (Å²) in [5, 5.41) is 11.5. The summed E-state index contributed by atoms with van der Waals surface area (Å²) in [7, 11) is 0. The summed E-state index contributed by atoms with van der Waals surface area (Å²) < 4.78 is 5.50. The van der Waals surface area contributed by atoms with Gasteiger partial charge < -0.3 is 20.9 Å². The number of aliphatic hydroxyl groups excluding tert-OH is 1. The highest BCUT2D eigenvalue weighted by Gasteiger charge is 2.29. The van der Waals surface area contributed by atoms with Gasteiger partial charge in [-0.2, -0.15) is 0 Å². The van der Waals surface area contributed by atoms with Crippen molar-refractivity contribution in [1.29, 1.82) is 0 Å². The Hall–Kier alpha value is -0.650. The average molecular weight is 244 g/mol. The molecule has 0 aromatic rings. The van der Waals surface area contributed by atoms with Crippen LogP contribution in [0.15, 0.2) is 0 Å². The molecule has 1 amide bonds. The normalized spacial score (nSPS) is 23.9. The summed E-state index contributed by atoms with van der Waals surface area (Å²) in [5.41, 5.74) is 5.49. The zero-order valence-corrected chi connectivity index (χ0v) is 10.4. The Labute approximate surface area is 103 Å². The molecule has 1 saturated heterocycles. The fourth-order valence-electron chi connectivity index (χ4n) is 1.99. The minimum Gasteiger partial charge on any atom is -0.396 e. The minimum atomic E-state index is -0.305. The molecule has 100 valence electrons. The van der Waals surface area contributed by atoms with Crippen LogP contribution in [0.1, 0.15) is 38.5 Å². The van der Waals surface area contributed by atoms with Gasteiger partial charge in [-0.05, 0) is 25.7 Å². The molecule has 1 heterocycles. The molecule has 17 heavy (non-hydrogen) atoms. The van der Waals surface area contributed by atoms with Crippen LogP contribution in [0.3, 0.4) is 0 Å². The van der Waals surface area contributed by atoms with Gasteiger partial charge in [0.2, 0.25) is 5.91 Å². The number of aliphatic hydroxyl groups is 1. The number of nitrogens with two attached hydrogens (primary N) is 1. The van der Waals surface area contributed by atoms with Gasteiger partial charge in [-0.25, -0.2) is 0 Å². The van der Waals surface area contributed by atoms with Crippen molar-refractivity contribution < 1.29 is 14.6 Å². The summed E-state index contributed by atoms with van der Waals surface area (Å²) in [5.74, 6) is -0.0110. The number of nitrogens with one attached hydrogen (secondary N) is 1. The van der Waals surface area contributed by atoms with E-state index < -0.39 is 0 Å². The summed E-state index contributed by atoms with van der Waals surface area (Å²) >= 11 is 0. The van der Waals surface area contributed by atoms with Crippen LogP contribution in [-0.4, -0.2) is 42.9 Å². The standard InChI is InChI=1S/C12H24N2O3/c13-9-10-5-6-11(17-10)12(16)14-7-3-1-2-4-8-15/h10-11,15H,1-9,13H2,(H,14,16). The maximum Gasteiger partial charge on any atom is 0.249 e. The van der Waals surface area contributed by atoms with Gasteiger partial charge in [0.15, 0.2) is 0 Å². The summed E-state index contributed by atoms with van der Waals surface area (Å²) in [6.45, 7) is 1.44. The monoisotopic (exact) mass is 244 g/mol. The van der Waals surface area contributed by atoms with Crippen LogP contribution in [0.25, 0.3) is 0 Å². The Morgan fingerprint density at radius 2 is 2.06 bits per heavy atom. The van der Waals surface area contributed by atoms with Crippen molar-refractivity contribution >= 4 is 5.91 Å². The molecule has 0 saturated carbocycles. The fourth-order valence-corrected chi connectivity index (χ4v) is 1.99. The van der Waals surface area contributed by atoms with E-state index in [0.29, 0.717) is 13.1 Å². The topological polar surface area (TPSA) is 84.6 Å². The van der Waals surface area contributed by atoms with Gasteiger partial charge in [0.05, 0.1) is 6.10 Å². The van der Waals surface area contributed by atoms with Crippen molar-refractivity contribution in [3.05, 3.63) is 0 Å². The minimum absolute atomic E-state index is 0.0110. The summed E-state index contributed by atoms with van der Waals surface area (Å²) in [4.78, 5) is 11.7. The first-order chi connectivity index (χ1) is 8.27. The Morgan fingerprint density at radius 1 is 1.29 bits per heavy atom. The van der Waals surface area contributed by atoms with E-state index in [4.69, 9.17) is 15.6 Å². The zero-order valence-electron chi connectivity index (χ0n) is 10.4. The number of carbonyl (C=O) groups is 1. The van der Waals surface area contributed by atoms with Gasteiger partial charge in [-0.3, -0.25) is 4.79 Å². The largest absolute Gasteiger partial charge is 0.396 e. The first kappa shape index (κ1) is 14.4. The highest BCUT2D eigenvalue weighted by molar-refractivity contribution is 5.80. The third kappa shape index (κ3) is 5.48. The van der Waals surface area contributed by atoms with Crippen LogP contribution in [0.2, 0.25) is 0 Å². The van der Waals surface area contributed by atoms with Crippen molar-refractivity contribution in [3.8, 4) is 0 Å². The molecule has 4 N–H and O–H groups in total. The van der Waals surface area contributed by atoms with Crippen LogP contribution >= 0.6 is 0 Å². The van der Waals surface area contributed by atoms with E-state index in [1.54, 1.807) is 0 Å². The van der Waals surface area contributed by atoms with E-state index in [9.17, 15) is 4.79 Å². The van der Waals surface area contributed by atoms with Gasteiger partial charge in [0.1, 0.15) is 6.10 Å². The lowest BCUT2D eigenvalue weighted by atomic mass is 10.2. The van der Waals surface area contributed by atoms with E-state index in [-0.39, 0.29) is 24.7 Å². The lowest BCUT2D eigenvalue weighted by molar-refractivity contribution is -0.131. The van der Waals surface area contributed by atoms with Crippen molar-refractivity contribution in [2.24, 2.45) is 5.73 Å². The van der Waals surface area contributed by atoms with E-state index in [0.717, 1.165) is 38.5 Å². The van der Waals surface area contributed by atoms with Crippen molar-refractivity contribution in [2.75, 3.05) is 19.7 Å². The first-order valence-corrected chi connectivity index (χ1v) is 6.52. The maximum absolute atomic E-state index is 11.7. The molecule has 1 aliphatic rings. The molecular formula is C12H24N2O3. The molecular weight excluding hydrogens is 220 g/mol. The Bertz CT molecular complexity index is 224. The van der Waals surface area contributed by atoms with E-state index in [1.807, 2.05) is 0 Å². The molecule has 1 aliphatic heterocycles. The predicted octanol–water partition coefficient (Wildman–Crippen LogP) is 0.162. The average Bonchev–Trinajstić information content (AvgIpc) is 2.82. The SMILES string of the molecule is NCC1CCC(C(=O)NCCCCCCO)O1. The summed E-state index contributed by atoms with van der Waals surface area (Å²) in [6.07, 6.45) is 5.26. The van der Waals surface area contributed by atoms with Gasteiger partial charge >= 0.3 is 0 Å². The molecule has 0 aromatic carbocycles. The van der Waals surface area contributed by atoms with Crippen LogP contribution in [0.4, 0.5) is 0 Å². The van der Waals surface area contributed by atoms with E-state index in [2.05, 4.69) is 5.32 Å². The molecule has 0 spiro atoms. The second kappa shape index (κ2) is 8.44. The van der Waals surface area contributed by atoms with Gasteiger partial charge in [-0.15, -0.1) is 0 Å². The highest BCUT2D eigenvalue weighted by atomic mass is 16.5. The molecule has 0 bridgehead atoms. The maximum atomic E-state index is 11.7. The number of unbranched alkanes of at least 4 members (excludes halogenated alkanes) is 3. The van der Waals surface area contributed by atoms with Crippen molar-refractivity contribution in [3.63, 3.8) is 0 Å². The molecule has 0 aliphatic carbocycles. The third-order valence-corrected chi connectivity index (χ3v) is 3.05. The number of carbonyl (C=O) groups excluding carboxylic acids is 1. The molecule has 5 nitrogen and oxygen atoms in total. The second-order valence-corrected chi connectivity index (χ2v) is 4.49. The van der Waals surface area contributed by atoms with Crippen LogP contribution < -0.4 is 11.1 Å². The number of hydrogen-bond acceptors (Lipinski definition) is 4. The Kier molecular flexibility index (Phi) is 7.16. The van der Waals surface area contributed by atoms with Crippen LogP contribution in [0, 0.1) is 0 Å². The molecule has 2 unspecified atom stereocenters. The number of ether oxygens (including phenoxy) is 1. The molecule has 1 rings (SSSR count). The lowest BCUT2D eigenvalue weighted by Gasteiger charge is -2.12. The van der Waals surface area contributed by atoms with Crippen LogP contribution in [0.5, 0.6) is 0 Å². The third-order valence-electron chi connectivity index (χ3n) is 3.05. The van der Waals surface area contributed by atoms with Crippen molar-refractivity contribution in [1.82, 2.24) is 5.32 Å². The predicted molar refractivity (Wildman–Crippen MR) is 65.5 cm³/mol. The quantitative estimate of drug-likeness (QED) is 0.531. The molecule has 2 atom stereocenters. The number of hydrogen-bond donors (Lipinski definition) is 3. The summed E-state index contributed by atoms with van der Waals surface area (Å²) in [6, 6.07) is 0. The Balaban J connectivity index is 2.01. The van der Waals surface area contributed by atoms with E-state index in [1.165, 1.54) is 0 Å². The molecule has 5 heteroatoms. The van der Waals surface area contributed by atoms with Gasteiger partial charge in [0, 0.05) is 19.7 Å². The van der Waals surface area contributed by atoms with Gasteiger partial charge in [-0.1, -0.05) is 12.8 Å². The van der Waals surface area contributed by atoms with Crippen LogP contribution in [-0.2, 0) is 9.53 Å². The number of rotatable bonds is 8. The molecule has 0 radical (unpaired) electrons. The highest BCUT2D eigenvalue weighted by Crippen LogP contribution is 2.18. The smallest absolute Gasteiger partial charge is 0.249 e. The zero-order chi connectivity index (χ0) is 12.5. The lowest BCUT2D eigenvalue weighted by Crippen LogP contribution is -2.36. The molecule has 1 fully saturated rings. The Morgan fingerprint density at radius 3 is 2.71 bits per heavy atom. The second-order valence-electron chi connectivity index (χ2n) is 4.49. The van der Waals surface area contributed by atoms with Gasteiger partial charge in [0.25, 0.3) is 0 Å². The fraction of sp³-hybridized carbons (Fsp3) is 0.917. The van der Waals surface area contributed by atoms with Crippen molar-refractivity contribution in [2.45, 2.75) is 50.7 Å². The first-order valence-electron chi connectivity index (χ1n) is 6.52.